The SMILES string of the molecule is Cc1ccc(NC(=O)Cn2c(C)nc3c(sc4nc(C)cc(C)c43)c2=O)c(F)c1. The van der Waals surface area contributed by atoms with Crippen LogP contribution >= 0.6 is 11.3 Å². The molecular formula is C21H19FN4O2S. The molecule has 0 atom stereocenters. The first kappa shape index (κ1) is 19.2. The number of hydrogen-bond acceptors (Lipinski definition) is 5. The average Bonchev–Trinajstić information content (AvgIpc) is 2.99. The molecule has 0 aliphatic rings. The number of aryl methyl sites for hydroxylation is 4. The minimum atomic E-state index is -0.516. The van der Waals surface area contributed by atoms with E-state index in [4.69, 9.17) is 0 Å². The Labute approximate surface area is 170 Å². The molecule has 6 nitrogen and oxygen atoms in total. The summed E-state index contributed by atoms with van der Waals surface area (Å²) < 4.78 is 15.8. The minimum absolute atomic E-state index is 0.0810. The average molecular weight is 410 g/mol. The van der Waals surface area contributed by atoms with Gasteiger partial charge in [0.05, 0.1) is 11.2 Å². The van der Waals surface area contributed by atoms with Crippen LogP contribution in [-0.2, 0) is 11.3 Å². The van der Waals surface area contributed by atoms with Crippen molar-refractivity contribution >= 4 is 43.4 Å². The fourth-order valence-corrected chi connectivity index (χ4v) is 4.59. The van der Waals surface area contributed by atoms with E-state index in [2.05, 4.69) is 15.3 Å². The van der Waals surface area contributed by atoms with Gasteiger partial charge in [0, 0.05) is 11.1 Å². The summed E-state index contributed by atoms with van der Waals surface area (Å²) in [6.45, 7) is 7.07. The Morgan fingerprint density at radius 3 is 2.66 bits per heavy atom. The van der Waals surface area contributed by atoms with Gasteiger partial charge in [-0.15, -0.1) is 11.3 Å². The van der Waals surface area contributed by atoms with E-state index in [1.165, 1.54) is 28.0 Å². The van der Waals surface area contributed by atoms with Crippen LogP contribution in [0.1, 0.15) is 22.6 Å². The van der Waals surface area contributed by atoms with Crippen molar-refractivity contribution in [3.63, 3.8) is 0 Å². The van der Waals surface area contributed by atoms with Gasteiger partial charge in [0.1, 0.15) is 27.7 Å². The van der Waals surface area contributed by atoms with Crippen molar-refractivity contribution in [2.45, 2.75) is 34.2 Å². The fraction of sp³-hybridized carbons (Fsp3) is 0.238. The fourth-order valence-electron chi connectivity index (χ4n) is 3.41. The van der Waals surface area contributed by atoms with Crippen LogP contribution in [0.3, 0.4) is 0 Å². The standard InChI is InChI=1S/C21H19FN4O2S/c1-10-5-6-15(14(22)7-10)25-16(27)9-26-13(4)24-18-17-11(2)8-12(3)23-20(17)29-19(18)21(26)28/h5-8H,9H2,1-4H3,(H,25,27). The first-order valence-corrected chi connectivity index (χ1v) is 9.90. The van der Waals surface area contributed by atoms with Crippen LogP contribution < -0.4 is 10.9 Å². The number of amides is 1. The molecule has 4 aromatic rings. The molecule has 3 aromatic heterocycles. The predicted octanol–water partition coefficient (Wildman–Crippen LogP) is 4.02. The monoisotopic (exact) mass is 410 g/mol. The molecule has 4 rings (SSSR count). The third-order valence-corrected chi connectivity index (χ3v) is 5.83. The number of fused-ring (bicyclic) bond motifs is 3. The number of benzene rings is 1. The summed E-state index contributed by atoms with van der Waals surface area (Å²) in [6, 6.07) is 6.51. The minimum Gasteiger partial charge on any atom is -0.322 e. The van der Waals surface area contributed by atoms with Gasteiger partial charge in [0.25, 0.3) is 5.56 Å². The molecule has 0 bridgehead atoms. The highest BCUT2D eigenvalue weighted by Crippen LogP contribution is 2.32. The molecule has 1 aromatic carbocycles. The van der Waals surface area contributed by atoms with Crippen LogP contribution in [0.15, 0.2) is 29.1 Å². The van der Waals surface area contributed by atoms with Crippen LogP contribution in [0.5, 0.6) is 0 Å². The van der Waals surface area contributed by atoms with Gasteiger partial charge in [-0.1, -0.05) is 6.07 Å². The lowest BCUT2D eigenvalue weighted by Gasteiger charge is -2.11. The Bertz CT molecular complexity index is 1360. The normalized spacial score (nSPS) is 11.3. The lowest BCUT2D eigenvalue weighted by molar-refractivity contribution is -0.116. The third kappa shape index (κ3) is 3.40. The van der Waals surface area contributed by atoms with Gasteiger partial charge in [0.15, 0.2) is 0 Å². The highest BCUT2D eigenvalue weighted by atomic mass is 32.1. The van der Waals surface area contributed by atoms with E-state index in [-0.39, 0.29) is 17.8 Å². The number of nitrogens with zero attached hydrogens (tertiary/aromatic N) is 3. The van der Waals surface area contributed by atoms with Gasteiger partial charge in [0.2, 0.25) is 5.91 Å². The quantitative estimate of drug-likeness (QED) is 0.553. The summed E-state index contributed by atoms with van der Waals surface area (Å²) in [6.07, 6.45) is 0. The van der Waals surface area contributed by atoms with E-state index in [0.717, 1.165) is 27.0 Å². The van der Waals surface area contributed by atoms with Crippen molar-refractivity contribution < 1.29 is 9.18 Å². The second-order valence-electron chi connectivity index (χ2n) is 7.12. The van der Waals surface area contributed by atoms with Crippen molar-refractivity contribution in [2.24, 2.45) is 0 Å². The number of carbonyl (C=O) groups excluding carboxylic acids is 1. The zero-order valence-electron chi connectivity index (χ0n) is 16.5. The second kappa shape index (κ2) is 7.04. The van der Waals surface area contributed by atoms with Gasteiger partial charge in [-0.3, -0.25) is 14.2 Å². The summed E-state index contributed by atoms with van der Waals surface area (Å²) >= 11 is 1.28. The van der Waals surface area contributed by atoms with Crippen LogP contribution in [0.2, 0.25) is 0 Å². The Morgan fingerprint density at radius 2 is 1.93 bits per heavy atom. The van der Waals surface area contributed by atoms with E-state index in [1.807, 2.05) is 19.9 Å². The summed E-state index contributed by atoms with van der Waals surface area (Å²) in [7, 11) is 0. The molecule has 3 heterocycles. The van der Waals surface area contributed by atoms with Crippen molar-refractivity contribution in [1.29, 1.82) is 0 Å². The molecule has 1 amide bonds. The highest BCUT2D eigenvalue weighted by Gasteiger charge is 2.18. The summed E-state index contributed by atoms with van der Waals surface area (Å²) in [5.41, 5.74) is 3.03. The molecule has 148 valence electrons. The summed E-state index contributed by atoms with van der Waals surface area (Å²) in [5.74, 6) is -0.593. The molecule has 0 fully saturated rings. The molecule has 29 heavy (non-hydrogen) atoms. The number of nitrogens with one attached hydrogen (secondary N) is 1. The first-order valence-electron chi connectivity index (χ1n) is 9.08. The van der Waals surface area contributed by atoms with E-state index in [0.29, 0.717) is 16.0 Å². The van der Waals surface area contributed by atoms with Crippen molar-refractivity contribution in [1.82, 2.24) is 14.5 Å². The zero-order valence-corrected chi connectivity index (χ0v) is 17.3. The van der Waals surface area contributed by atoms with E-state index in [9.17, 15) is 14.0 Å². The predicted molar refractivity (Wildman–Crippen MR) is 113 cm³/mol. The number of pyridine rings is 1. The maximum absolute atomic E-state index is 14.0. The number of aromatic nitrogens is 3. The molecule has 0 saturated heterocycles. The molecule has 0 aliphatic heterocycles. The Kier molecular flexibility index (Phi) is 4.66. The van der Waals surface area contributed by atoms with Crippen LogP contribution in [-0.4, -0.2) is 20.4 Å². The van der Waals surface area contributed by atoms with Crippen molar-refractivity contribution in [2.75, 3.05) is 5.32 Å². The lowest BCUT2D eigenvalue weighted by Crippen LogP contribution is -2.30. The molecule has 0 unspecified atom stereocenters. The van der Waals surface area contributed by atoms with Gasteiger partial charge in [-0.25, -0.2) is 14.4 Å². The van der Waals surface area contributed by atoms with Crippen LogP contribution in [0.25, 0.3) is 20.4 Å². The van der Waals surface area contributed by atoms with Crippen LogP contribution in [0.4, 0.5) is 10.1 Å². The van der Waals surface area contributed by atoms with Gasteiger partial charge >= 0.3 is 0 Å². The van der Waals surface area contributed by atoms with Gasteiger partial charge < -0.3 is 5.32 Å². The zero-order chi connectivity index (χ0) is 20.9. The number of thiophene rings is 1. The van der Waals surface area contributed by atoms with Gasteiger partial charge in [-0.05, 0) is 57.0 Å². The third-order valence-electron chi connectivity index (χ3n) is 4.77. The maximum atomic E-state index is 14.0. The summed E-state index contributed by atoms with van der Waals surface area (Å²) in [4.78, 5) is 35.4. The Morgan fingerprint density at radius 1 is 1.17 bits per heavy atom. The van der Waals surface area contributed by atoms with E-state index in [1.54, 1.807) is 19.9 Å². The molecule has 0 aliphatic carbocycles. The summed E-state index contributed by atoms with van der Waals surface area (Å²) in [5, 5.41) is 3.39. The number of hydrogen-bond donors (Lipinski definition) is 1. The molecular weight excluding hydrogens is 391 g/mol. The Hall–Kier alpha value is -3.13. The van der Waals surface area contributed by atoms with E-state index < -0.39 is 11.7 Å². The van der Waals surface area contributed by atoms with Crippen LogP contribution in [0, 0.1) is 33.5 Å². The maximum Gasteiger partial charge on any atom is 0.272 e. The molecule has 0 spiro atoms. The lowest BCUT2D eigenvalue weighted by atomic mass is 10.1. The molecule has 8 heteroatoms. The van der Waals surface area contributed by atoms with Crippen molar-refractivity contribution in [3.05, 3.63) is 63.1 Å². The largest absolute Gasteiger partial charge is 0.322 e. The Balaban J connectivity index is 1.74. The van der Waals surface area contributed by atoms with Gasteiger partial charge in [-0.2, -0.15) is 0 Å². The van der Waals surface area contributed by atoms with E-state index >= 15 is 0 Å². The smallest absolute Gasteiger partial charge is 0.272 e. The topological polar surface area (TPSA) is 76.9 Å². The van der Waals surface area contributed by atoms with Crippen molar-refractivity contribution in [3.8, 4) is 0 Å². The molecule has 0 radical (unpaired) electrons. The molecule has 0 saturated carbocycles. The number of anilines is 1. The second-order valence-corrected chi connectivity index (χ2v) is 8.12. The first-order chi connectivity index (χ1) is 13.7. The highest BCUT2D eigenvalue weighted by molar-refractivity contribution is 7.25. The number of carbonyl (C=O) groups is 1. The number of halogens is 1. The molecule has 1 N–H and O–H groups in total. The number of rotatable bonds is 3.